The molecule has 0 unspecified atom stereocenters. The first-order valence-corrected chi connectivity index (χ1v) is 8.97. The van der Waals surface area contributed by atoms with Crippen LogP contribution in [0.3, 0.4) is 0 Å². The molecule has 1 aliphatic rings. The minimum absolute atomic E-state index is 0.113. The molecule has 1 fully saturated rings. The number of rotatable bonds is 4. The average Bonchev–Trinajstić information content (AvgIpc) is 2.69. The summed E-state index contributed by atoms with van der Waals surface area (Å²) < 4.78 is 27.1. The molecule has 27 heavy (non-hydrogen) atoms. The summed E-state index contributed by atoms with van der Waals surface area (Å²) in [5.41, 5.74) is 1.89. The molecule has 0 saturated carbocycles. The molecule has 3 nitrogen and oxygen atoms in total. The van der Waals surface area contributed by atoms with Crippen LogP contribution in [-0.2, 0) is 4.79 Å². The lowest BCUT2D eigenvalue weighted by Gasteiger charge is -2.30. The highest BCUT2D eigenvalue weighted by molar-refractivity contribution is 5.98. The molecule has 0 atom stereocenters. The summed E-state index contributed by atoms with van der Waals surface area (Å²) in [7, 11) is 0. The number of amides is 1. The van der Waals surface area contributed by atoms with Gasteiger partial charge in [0.15, 0.2) is 5.78 Å². The Bertz CT molecular complexity index is 866. The Kier molecular flexibility index (Phi) is 5.79. The smallest absolute Gasteiger partial charge is 0.246 e. The Morgan fingerprint density at radius 1 is 1.04 bits per heavy atom. The molecule has 140 valence electrons. The zero-order chi connectivity index (χ0) is 19.4. The topological polar surface area (TPSA) is 37.4 Å². The maximum atomic E-state index is 13.8. The van der Waals surface area contributed by atoms with Crippen molar-refractivity contribution in [2.45, 2.75) is 19.8 Å². The predicted octanol–water partition coefficient (Wildman–Crippen LogP) is 4.41. The normalized spacial score (nSPS) is 15.3. The predicted molar refractivity (Wildman–Crippen MR) is 100 cm³/mol. The van der Waals surface area contributed by atoms with Crippen LogP contribution in [0.1, 0.15) is 34.3 Å². The lowest BCUT2D eigenvalue weighted by molar-refractivity contribution is -0.127. The highest BCUT2D eigenvalue weighted by Crippen LogP contribution is 2.24. The van der Waals surface area contributed by atoms with Crippen LogP contribution in [0, 0.1) is 24.5 Å². The highest BCUT2D eigenvalue weighted by Gasteiger charge is 2.28. The molecule has 0 bridgehead atoms. The van der Waals surface area contributed by atoms with Gasteiger partial charge in [0.2, 0.25) is 5.91 Å². The van der Waals surface area contributed by atoms with Crippen LogP contribution in [0.5, 0.6) is 0 Å². The molecule has 5 heteroatoms. The van der Waals surface area contributed by atoms with Gasteiger partial charge in [-0.1, -0.05) is 29.8 Å². The summed E-state index contributed by atoms with van der Waals surface area (Å²) in [6.07, 6.45) is 4.18. The molecule has 1 saturated heterocycles. The van der Waals surface area contributed by atoms with E-state index in [0.29, 0.717) is 25.9 Å². The first-order chi connectivity index (χ1) is 12.9. The molecule has 1 aliphatic heterocycles. The van der Waals surface area contributed by atoms with Crippen molar-refractivity contribution in [3.63, 3.8) is 0 Å². The summed E-state index contributed by atoms with van der Waals surface area (Å²) in [6, 6.07) is 10.7. The van der Waals surface area contributed by atoms with Crippen LogP contribution in [-0.4, -0.2) is 29.7 Å². The van der Waals surface area contributed by atoms with Gasteiger partial charge in [0.05, 0.1) is 5.56 Å². The number of halogens is 2. The fraction of sp³-hybridized carbons (Fsp3) is 0.273. The van der Waals surface area contributed by atoms with Gasteiger partial charge < -0.3 is 4.90 Å². The van der Waals surface area contributed by atoms with Crippen molar-refractivity contribution in [3.05, 3.63) is 76.9 Å². The molecule has 0 aromatic heterocycles. The SMILES string of the molecule is Cc1ccc(/C=C/C(=O)N2CCC(C(=O)c3cc(F)ccc3F)CC2)cc1. The van der Waals surface area contributed by atoms with Crippen molar-refractivity contribution < 1.29 is 18.4 Å². The van der Waals surface area contributed by atoms with E-state index in [9.17, 15) is 18.4 Å². The highest BCUT2D eigenvalue weighted by atomic mass is 19.1. The van der Waals surface area contributed by atoms with E-state index in [-0.39, 0.29) is 11.5 Å². The molecule has 1 heterocycles. The van der Waals surface area contributed by atoms with Crippen molar-refractivity contribution in [1.29, 1.82) is 0 Å². The first kappa shape index (κ1) is 19.0. The Hall–Kier alpha value is -2.82. The van der Waals surface area contributed by atoms with Crippen LogP contribution in [0.4, 0.5) is 8.78 Å². The third kappa shape index (κ3) is 4.67. The van der Waals surface area contributed by atoms with Crippen LogP contribution in [0.15, 0.2) is 48.5 Å². The maximum absolute atomic E-state index is 13.8. The lowest BCUT2D eigenvalue weighted by atomic mass is 9.88. The number of likely N-dealkylation sites (tertiary alicyclic amines) is 1. The molecule has 0 aliphatic carbocycles. The number of nitrogens with zero attached hydrogens (tertiary/aromatic N) is 1. The van der Waals surface area contributed by atoms with E-state index in [4.69, 9.17) is 0 Å². The zero-order valence-corrected chi connectivity index (χ0v) is 15.1. The first-order valence-electron chi connectivity index (χ1n) is 8.97. The standard InChI is InChI=1S/C22H21F2NO2/c1-15-2-4-16(5-3-15)6-9-21(26)25-12-10-17(11-13-25)22(27)19-14-18(23)7-8-20(19)24/h2-9,14,17H,10-13H2,1H3/b9-6+. The number of hydrogen-bond acceptors (Lipinski definition) is 2. The van der Waals surface area contributed by atoms with Gasteiger partial charge in [-0.05, 0) is 49.6 Å². The number of ketones is 1. The second-order valence-corrected chi connectivity index (χ2v) is 6.83. The van der Waals surface area contributed by atoms with Gasteiger partial charge >= 0.3 is 0 Å². The third-order valence-electron chi connectivity index (χ3n) is 4.87. The molecule has 0 spiro atoms. The van der Waals surface area contributed by atoms with Gasteiger partial charge in [0, 0.05) is 25.1 Å². The minimum Gasteiger partial charge on any atom is -0.339 e. The van der Waals surface area contributed by atoms with Crippen LogP contribution >= 0.6 is 0 Å². The molecule has 2 aromatic rings. The van der Waals surface area contributed by atoms with E-state index in [1.54, 1.807) is 11.0 Å². The summed E-state index contributed by atoms with van der Waals surface area (Å²) in [5.74, 6) is -2.24. The van der Waals surface area contributed by atoms with Crippen LogP contribution in [0.2, 0.25) is 0 Å². The minimum atomic E-state index is -0.707. The Morgan fingerprint density at radius 3 is 2.37 bits per heavy atom. The lowest BCUT2D eigenvalue weighted by Crippen LogP contribution is -2.39. The molecule has 0 radical (unpaired) electrons. The van der Waals surface area contributed by atoms with E-state index >= 15 is 0 Å². The fourth-order valence-electron chi connectivity index (χ4n) is 3.22. The fourth-order valence-corrected chi connectivity index (χ4v) is 3.22. The molecule has 1 amide bonds. The summed E-state index contributed by atoms with van der Waals surface area (Å²) in [4.78, 5) is 26.5. The van der Waals surface area contributed by atoms with Gasteiger partial charge in [0.25, 0.3) is 0 Å². The van der Waals surface area contributed by atoms with Crippen molar-refractivity contribution in [3.8, 4) is 0 Å². The second kappa shape index (κ2) is 8.25. The third-order valence-corrected chi connectivity index (χ3v) is 4.87. The zero-order valence-electron chi connectivity index (χ0n) is 15.1. The average molecular weight is 369 g/mol. The molecule has 2 aromatic carbocycles. The van der Waals surface area contributed by atoms with Gasteiger partial charge in [-0.2, -0.15) is 0 Å². The number of aryl methyl sites for hydroxylation is 1. The number of benzene rings is 2. The Balaban J connectivity index is 1.58. The van der Waals surface area contributed by atoms with Gasteiger partial charge in [-0.15, -0.1) is 0 Å². The monoisotopic (exact) mass is 369 g/mol. The number of hydrogen-bond donors (Lipinski definition) is 0. The summed E-state index contributed by atoms with van der Waals surface area (Å²) >= 11 is 0. The van der Waals surface area contributed by atoms with Gasteiger partial charge in [-0.25, -0.2) is 8.78 Å². The van der Waals surface area contributed by atoms with Crippen molar-refractivity contribution in [1.82, 2.24) is 4.90 Å². The number of Topliss-reactive ketones (excluding diaryl/α,β-unsaturated/α-hetero) is 1. The Labute approximate surface area is 157 Å². The Morgan fingerprint density at radius 2 is 1.70 bits per heavy atom. The summed E-state index contributed by atoms with van der Waals surface area (Å²) in [6.45, 7) is 2.84. The van der Waals surface area contributed by atoms with Crippen LogP contribution in [0.25, 0.3) is 6.08 Å². The largest absolute Gasteiger partial charge is 0.339 e. The van der Waals surface area contributed by atoms with Crippen LogP contribution < -0.4 is 0 Å². The van der Waals surface area contributed by atoms with Crippen molar-refractivity contribution in [2.75, 3.05) is 13.1 Å². The molecule has 0 N–H and O–H groups in total. The van der Waals surface area contributed by atoms with E-state index in [0.717, 1.165) is 29.3 Å². The van der Waals surface area contributed by atoms with E-state index in [1.165, 1.54) is 6.08 Å². The van der Waals surface area contributed by atoms with E-state index in [2.05, 4.69) is 0 Å². The maximum Gasteiger partial charge on any atom is 0.246 e. The summed E-state index contributed by atoms with van der Waals surface area (Å²) in [5, 5.41) is 0. The van der Waals surface area contributed by atoms with Crippen molar-refractivity contribution >= 4 is 17.8 Å². The quantitative estimate of drug-likeness (QED) is 0.591. The van der Waals surface area contributed by atoms with E-state index in [1.807, 2.05) is 31.2 Å². The van der Waals surface area contributed by atoms with Crippen molar-refractivity contribution in [2.24, 2.45) is 5.92 Å². The second-order valence-electron chi connectivity index (χ2n) is 6.83. The number of carbonyl (C=O) groups excluding carboxylic acids is 2. The van der Waals surface area contributed by atoms with E-state index < -0.39 is 23.3 Å². The number of carbonyl (C=O) groups is 2. The molecular formula is C22H21F2NO2. The van der Waals surface area contributed by atoms with Gasteiger partial charge in [-0.3, -0.25) is 9.59 Å². The van der Waals surface area contributed by atoms with Gasteiger partial charge in [0.1, 0.15) is 11.6 Å². The molecule has 3 rings (SSSR count). The molecular weight excluding hydrogens is 348 g/mol. The number of piperidine rings is 1.